The first-order valence-corrected chi connectivity index (χ1v) is 8.75. The fourth-order valence-corrected chi connectivity index (χ4v) is 2.71. The molecule has 0 bridgehead atoms. The Hall–Kier alpha value is -3.84. The van der Waals surface area contributed by atoms with Gasteiger partial charge in [-0.25, -0.2) is 17.6 Å². The second-order valence-electron chi connectivity index (χ2n) is 6.66. The predicted octanol–water partition coefficient (Wildman–Crippen LogP) is 7.03. The minimum Gasteiger partial charge on any atom is -0.456 e. The summed E-state index contributed by atoms with van der Waals surface area (Å²) < 4.78 is 145. The van der Waals surface area contributed by atoms with Crippen molar-refractivity contribution in [1.82, 2.24) is 0 Å². The molecule has 0 radical (unpaired) electrons. The maximum atomic E-state index is 13.6. The topological polar surface area (TPSA) is 70.5 Å². The summed E-state index contributed by atoms with van der Waals surface area (Å²) in [7, 11) is 0. The van der Waals surface area contributed by atoms with E-state index < -0.39 is 81.1 Å². The van der Waals surface area contributed by atoms with Crippen LogP contribution in [-0.2, 0) is 12.4 Å². The fourth-order valence-electron chi connectivity index (χ4n) is 2.71. The zero-order chi connectivity index (χ0) is 25.6. The molecule has 0 aliphatic heterocycles. The summed E-state index contributed by atoms with van der Waals surface area (Å²) in [5.74, 6) is -10.5. The van der Waals surface area contributed by atoms with Crippen LogP contribution in [0.4, 0.5) is 55.3 Å². The van der Waals surface area contributed by atoms with Gasteiger partial charge in [0.1, 0.15) is 23.0 Å². The lowest BCUT2D eigenvalue weighted by Gasteiger charge is -2.20. The van der Waals surface area contributed by atoms with Gasteiger partial charge in [0.25, 0.3) is 0 Å². The Bertz CT molecular complexity index is 1120. The zero-order valence-corrected chi connectivity index (χ0v) is 16.2. The number of anilines is 2. The maximum Gasteiger partial charge on any atom is 0.420 e. The average molecular weight is 500 g/mol. The highest BCUT2D eigenvalue weighted by Crippen LogP contribution is 2.47. The lowest BCUT2D eigenvalue weighted by Crippen LogP contribution is -2.13. The van der Waals surface area contributed by atoms with Gasteiger partial charge in [0.2, 0.25) is 0 Å². The largest absolute Gasteiger partial charge is 0.456 e. The van der Waals surface area contributed by atoms with E-state index in [1.807, 2.05) is 0 Å². The van der Waals surface area contributed by atoms with Crippen molar-refractivity contribution in [3.05, 3.63) is 70.8 Å². The fraction of sp³-hybridized carbons (Fsp3) is 0.100. The molecule has 34 heavy (non-hydrogen) atoms. The molecule has 3 aromatic carbocycles. The van der Waals surface area contributed by atoms with Gasteiger partial charge in [-0.1, -0.05) is 0 Å². The van der Waals surface area contributed by atoms with Crippen molar-refractivity contribution in [3.8, 4) is 23.0 Å². The van der Waals surface area contributed by atoms with Gasteiger partial charge >= 0.3 is 12.4 Å². The van der Waals surface area contributed by atoms with E-state index >= 15 is 0 Å². The van der Waals surface area contributed by atoms with Crippen LogP contribution in [0.3, 0.4) is 0 Å². The van der Waals surface area contributed by atoms with Crippen LogP contribution in [-0.4, -0.2) is 0 Å². The maximum absolute atomic E-state index is 13.6. The molecule has 0 fully saturated rings. The number of benzene rings is 3. The van der Waals surface area contributed by atoms with Gasteiger partial charge in [0, 0.05) is 30.3 Å². The molecule has 0 heterocycles. The number of nitrogen functional groups attached to an aromatic ring is 2. The van der Waals surface area contributed by atoms with E-state index in [9.17, 15) is 43.9 Å². The van der Waals surface area contributed by atoms with E-state index in [1.165, 1.54) is 0 Å². The molecule has 0 spiro atoms. The van der Waals surface area contributed by atoms with Gasteiger partial charge in [-0.15, -0.1) is 0 Å². The molecule has 3 rings (SSSR count). The van der Waals surface area contributed by atoms with Gasteiger partial charge in [-0.2, -0.15) is 26.3 Å². The Labute approximate surface area is 183 Å². The Kier molecular flexibility index (Phi) is 6.20. The van der Waals surface area contributed by atoms with Gasteiger partial charge < -0.3 is 20.9 Å². The van der Waals surface area contributed by atoms with E-state index in [4.69, 9.17) is 20.9 Å². The molecule has 0 saturated carbocycles. The van der Waals surface area contributed by atoms with E-state index in [-0.39, 0.29) is 12.1 Å². The summed E-state index contributed by atoms with van der Waals surface area (Å²) in [5.41, 5.74) is 4.74. The van der Waals surface area contributed by atoms with Crippen molar-refractivity contribution in [1.29, 1.82) is 0 Å². The number of rotatable bonds is 4. The average Bonchev–Trinajstić information content (AvgIpc) is 2.68. The van der Waals surface area contributed by atoms with Crippen molar-refractivity contribution in [2.45, 2.75) is 12.4 Å². The molecule has 0 aliphatic rings. The third-order valence-electron chi connectivity index (χ3n) is 4.21. The molecule has 4 nitrogen and oxygen atoms in total. The van der Waals surface area contributed by atoms with Crippen molar-refractivity contribution < 1.29 is 53.4 Å². The Morgan fingerprint density at radius 2 is 0.882 bits per heavy atom. The number of hydrogen-bond acceptors (Lipinski definition) is 4. The molecular weight excluding hydrogens is 490 g/mol. The Morgan fingerprint density at radius 1 is 0.529 bits per heavy atom. The molecular formula is C20H10F10N2O2. The predicted molar refractivity (Wildman–Crippen MR) is 98.1 cm³/mol. The number of nitrogens with two attached hydrogens (primary N) is 2. The minimum absolute atomic E-state index is 0.139. The van der Waals surface area contributed by atoms with Crippen LogP contribution < -0.4 is 20.9 Å². The second kappa shape index (κ2) is 8.50. The van der Waals surface area contributed by atoms with E-state index in [2.05, 4.69) is 0 Å². The number of alkyl halides is 6. The molecule has 4 N–H and O–H groups in total. The van der Waals surface area contributed by atoms with Crippen LogP contribution in [0.5, 0.6) is 23.0 Å². The van der Waals surface area contributed by atoms with Crippen molar-refractivity contribution in [2.24, 2.45) is 0 Å². The summed E-state index contributed by atoms with van der Waals surface area (Å²) in [6.07, 6.45) is -10.8. The van der Waals surface area contributed by atoms with Gasteiger partial charge in [0.05, 0.1) is 22.5 Å². The molecule has 0 unspecified atom stereocenters. The normalized spacial score (nSPS) is 12.1. The third-order valence-corrected chi connectivity index (χ3v) is 4.21. The monoisotopic (exact) mass is 500 g/mol. The summed E-state index contributed by atoms with van der Waals surface area (Å²) in [6.45, 7) is 0. The Balaban J connectivity index is 2.20. The SMILES string of the molecule is Nc1cc(Oc2cc(Oc3cc(N)c(F)c(F)c3)c(C(F)(F)F)cc2C(F)(F)F)cc(F)c1F. The first-order chi connectivity index (χ1) is 15.6. The molecule has 0 aliphatic carbocycles. The number of halogens is 10. The van der Waals surface area contributed by atoms with Gasteiger partial charge in [-0.3, -0.25) is 0 Å². The summed E-state index contributed by atoms with van der Waals surface area (Å²) in [4.78, 5) is 0. The summed E-state index contributed by atoms with van der Waals surface area (Å²) in [6, 6.07) is 1.57. The molecule has 0 atom stereocenters. The standard InChI is InChI=1S/C20H10F10N2O2/c21-11-1-7(3-13(31)17(11)23)33-15-6-16(34-8-2-12(22)18(24)14(32)4-8)10(20(28,29)30)5-9(15)19(25,26)27/h1-6H,31-32H2. The molecule has 0 amide bonds. The molecule has 3 aromatic rings. The van der Waals surface area contributed by atoms with E-state index in [0.29, 0.717) is 24.3 Å². The smallest absolute Gasteiger partial charge is 0.420 e. The number of ether oxygens (including phenoxy) is 2. The van der Waals surface area contributed by atoms with Crippen LogP contribution in [0, 0.1) is 23.3 Å². The van der Waals surface area contributed by atoms with Crippen molar-refractivity contribution in [2.75, 3.05) is 11.5 Å². The van der Waals surface area contributed by atoms with Gasteiger partial charge in [0.15, 0.2) is 23.3 Å². The first-order valence-electron chi connectivity index (χ1n) is 8.75. The van der Waals surface area contributed by atoms with Crippen molar-refractivity contribution >= 4 is 11.4 Å². The summed E-state index contributed by atoms with van der Waals surface area (Å²) in [5, 5.41) is 0. The Morgan fingerprint density at radius 3 is 1.18 bits per heavy atom. The van der Waals surface area contributed by atoms with E-state index in [1.54, 1.807) is 0 Å². The van der Waals surface area contributed by atoms with Gasteiger partial charge in [-0.05, 0) is 6.07 Å². The quantitative estimate of drug-likeness (QED) is 0.298. The van der Waals surface area contributed by atoms with Crippen LogP contribution >= 0.6 is 0 Å². The highest BCUT2D eigenvalue weighted by molar-refractivity contribution is 5.54. The molecule has 14 heteroatoms. The van der Waals surface area contributed by atoms with Crippen LogP contribution in [0.1, 0.15) is 11.1 Å². The molecule has 0 aromatic heterocycles. The summed E-state index contributed by atoms with van der Waals surface area (Å²) >= 11 is 0. The second-order valence-corrected chi connectivity index (χ2v) is 6.66. The lowest BCUT2D eigenvalue weighted by molar-refractivity contribution is -0.144. The van der Waals surface area contributed by atoms with Crippen LogP contribution in [0.15, 0.2) is 36.4 Å². The van der Waals surface area contributed by atoms with E-state index in [0.717, 1.165) is 0 Å². The number of hydrogen-bond donors (Lipinski definition) is 2. The highest BCUT2D eigenvalue weighted by atomic mass is 19.4. The molecule has 182 valence electrons. The zero-order valence-electron chi connectivity index (χ0n) is 16.2. The highest BCUT2D eigenvalue weighted by Gasteiger charge is 2.42. The van der Waals surface area contributed by atoms with Crippen molar-refractivity contribution in [3.63, 3.8) is 0 Å². The van der Waals surface area contributed by atoms with Crippen LogP contribution in [0.25, 0.3) is 0 Å². The minimum atomic E-state index is -5.41. The lowest BCUT2D eigenvalue weighted by atomic mass is 10.1. The molecule has 0 saturated heterocycles. The third kappa shape index (κ3) is 5.05. The first kappa shape index (κ1) is 24.8. The van der Waals surface area contributed by atoms with Crippen LogP contribution in [0.2, 0.25) is 0 Å².